The van der Waals surface area contributed by atoms with E-state index in [0.717, 1.165) is 61.5 Å². The minimum Gasteiger partial charge on any atom is -0.362 e. The molecule has 4 aliphatic rings. The molecule has 0 bridgehead atoms. The molecule has 2 aliphatic carbocycles. The number of nitrogens with one attached hydrogen (secondary N) is 2. The van der Waals surface area contributed by atoms with E-state index in [2.05, 4.69) is 165 Å². The van der Waals surface area contributed by atoms with Crippen LogP contribution >= 0.6 is 0 Å². The van der Waals surface area contributed by atoms with Gasteiger partial charge in [0.25, 0.3) is 0 Å². The Balaban J connectivity index is 1.02. The van der Waals surface area contributed by atoms with Gasteiger partial charge in [0.2, 0.25) is 0 Å². The standard InChI is InChI=1S/C48H40N6/c1-3-15-32(16-4-1)46-50-47(34-27-26-31-14-7-8-17-33(31)28-34)52-48(51-46)40-22-13-25-45(49-40)54-42-24-12-10-21-37(42)39-29-38-36-20-9-11-23-41(36)53(43(38)30-44(39)54)35-18-5-2-6-19-35/h1-7,9-12,14-16,18-24,28-30,45-46,49H,8,13,17,25-27H2,(H,50,51,52). The van der Waals surface area contributed by atoms with Gasteiger partial charge < -0.3 is 19.8 Å². The largest absolute Gasteiger partial charge is 0.362 e. The van der Waals surface area contributed by atoms with Gasteiger partial charge >= 0.3 is 0 Å². The van der Waals surface area contributed by atoms with E-state index in [1.54, 1.807) is 0 Å². The number of benzene rings is 5. The van der Waals surface area contributed by atoms with Gasteiger partial charge in [-0.3, -0.25) is 0 Å². The molecule has 0 radical (unpaired) electrons. The van der Waals surface area contributed by atoms with Crippen LogP contribution in [0.1, 0.15) is 56.4 Å². The van der Waals surface area contributed by atoms with Gasteiger partial charge in [0, 0.05) is 27.2 Å². The van der Waals surface area contributed by atoms with E-state index in [1.807, 2.05) is 0 Å². The molecule has 0 fully saturated rings. The van der Waals surface area contributed by atoms with Crippen LogP contribution in [0.4, 0.5) is 0 Å². The minimum absolute atomic E-state index is 0.0250. The maximum atomic E-state index is 5.28. The molecule has 2 atom stereocenters. The Morgan fingerprint density at radius 2 is 1.31 bits per heavy atom. The molecular weight excluding hydrogens is 661 g/mol. The number of allylic oxidation sites excluding steroid dienone is 6. The molecule has 4 heterocycles. The van der Waals surface area contributed by atoms with Gasteiger partial charge in [0.15, 0.2) is 12.0 Å². The van der Waals surface area contributed by atoms with Gasteiger partial charge in [-0.05, 0) is 97.2 Å². The molecule has 2 aromatic heterocycles. The number of hydrogen-bond donors (Lipinski definition) is 2. The molecule has 6 heteroatoms. The highest BCUT2D eigenvalue weighted by Crippen LogP contribution is 2.41. The Kier molecular flexibility index (Phi) is 7.29. The summed E-state index contributed by atoms with van der Waals surface area (Å²) in [6.45, 7) is 0. The van der Waals surface area contributed by atoms with Crippen LogP contribution in [0.2, 0.25) is 0 Å². The molecule has 2 N–H and O–H groups in total. The van der Waals surface area contributed by atoms with Crippen molar-refractivity contribution in [2.24, 2.45) is 9.98 Å². The number of fused-ring (bicyclic) bond motifs is 6. The lowest BCUT2D eigenvalue weighted by Crippen LogP contribution is -2.43. The number of hydrogen-bond acceptors (Lipinski definition) is 4. The normalized spacial score (nSPS) is 20.0. The zero-order valence-electron chi connectivity index (χ0n) is 30.0. The Hall–Kier alpha value is -6.40. The fourth-order valence-electron chi connectivity index (χ4n) is 9.11. The molecule has 7 aromatic rings. The zero-order valence-corrected chi connectivity index (χ0v) is 30.0. The van der Waals surface area contributed by atoms with Crippen molar-refractivity contribution in [1.82, 2.24) is 19.8 Å². The fourth-order valence-corrected chi connectivity index (χ4v) is 9.11. The zero-order chi connectivity index (χ0) is 35.6. The summed E-state index contributed by atoms with van der Waals surface area (Å²) < 4.78 is 4.95. The maximum Gasteiger partial charge on any atom is 0.169 e. The van der Waals surface area contributed by atoms with E-state index < -0.39 is 0 Å². The Morgan fingerprint density at radius 3 is 2.17 bits per heavy atom. The Bertz CT molecular complexity index is 2820. The minimum atomic E-state index is -0.315. The van der Waals surface area contributed by atoms with Crippen LogP contribution in [-0.4, -0.2) is 20.8 Å². The van der Waals surface area contributed by atoms with E-state index in [0.29, 0.717) is 0 Å². The van der Waals surface area contributed by atoms with Crippen LogP contribution in [0.5, 0.6) is 0 Å². The second-order valence-corrected chi connectivity index (χ2v) is 14.8. The van der Waals surface area contributed by atoms with Gasteiger partial charge in [-0.15, -0.1) is 0 Å². The average Bonchev–Trinajstić information content (AvgIpc) is 3.75. The monoisotopic (exact) mass is 700 g/mol. The summed E-state index contributed by atoms with van der Waals surface area (Å²) in [4.78, 5) is 10.5. The highest BCUT2D eigenvalue weighted by atomic mass is 15.2. The van der Waals surface area contributed by atoms with Crippen LogP contribution in [0.25, 0.3) is 49.3 Å². The molecule has 5 aromatic carbocycles. The molecule has 54 heavy (non-hydrogen) atoms. The first-order valence-electron chi connectivity index (χ1n) is 19.3. The highest BCUT2D eigenvalue weighted by molar-refractivity contribution is 6.19. The topological polar surface area (TPSA) is 58.6 Å². The molecule has 262 valence electrons. The van der Waals surface area contributed by atoms with Crippen molar-refractivity contribution in [1.29, 1.82) is 0 Å². The third-order valence-corrected chi connectivity index (χ3v) is 11.7. The van der Waals surface area contributed by atoms with Gasteiger partial charge in [0.05, 0.1) is 27.8 Å². The lowest BCUT2D eigenvalue weighted by atomic mass is 9.86. The van der Waals surface area contributed by atoms with Gasteiger partial charge in [-0.2, -0.15) is 0 Å². The number of para-hydroxylation sites is 3. The summed E-state index contributed by atoms with van der Waals surface area (Å²) >= 11 is 0. The first-order chi connectivity index (χ1) is 26.8. The third kappa shape index (κ3) is 5.08. The average molecular weight is 701 g/mol. The summed E-state index contributed by atoms with van der Waals surface area (Å²) in [5.74, 6) is 1.79. The summed E-state index contributed by atoms with van der Waals surface area (Å²) in [6, 6.07) is 43.7. The van der Waals surface area contributed by atoms with E-state index >= 15 is 0 Å². The van der Waals surface area contributed by atoms with Crippen LogP contribution in [0, 0.1) is 0 Å². The molecule has 2 aliphatic heterocycles. The molecule has 0 amide bonds. The van der Waals surface area contributed by atoms with E-state index in [9.17, 15) is 0 Å². The second-order valence-electron chi connectivity index (χ2n) is 14.8. The van der Waals surface area contributed by atoms with Crippen molar-refractivity contribution in [2.45, 2.75) is 50.9 Å². The first kappa shape index (κ1) is 31.2. The summed E-state index contributed by atoms with van der Waals surface area (Å²) in [5, 5.41) is 12.8. The highest BCUT2D eigenvalue weighted by Gasteiger charge is 2.29. The Morgan fingerprint density at radius 1 is 0.593 bits per heavy atom. The molecule has 2 unspecified atom stereocenters. The van der Waals surface area contributed by atoms with Crippen molar-refractivity contribution >= 4 is 55.3 Å². The molecule has 0 spiro atoms. The van der Waals surface area contributed by atoms with Crippen LogP contribution < -0.4 is 10.6 Å². The second kappa shape index (κ2) is 12.6. The van der Waals surface area contributed by atoms with Crippen LogP contribution in [-0.2, 0) is 0 Å². The Labute approximate surface area is 314 Å². The molecular formula is C48H40N6. The van der Waals surface area contributed by atoms with Crippen molar-refractivity contribution in [2.75, 3.05) is 0 Å². The maximum absolute atomic E-state index is 5.28. The smallest absolute Gasteiger partial charge is 0.169 e. The number of aromatic nitrogens is 2. The lowest BCUT2D eigenvalue weighted by Gasteiger charge is -2.32. The summed E-state index contributed by atoms with van der Waals surface area (Å²) in [7, 11) is 0. The van der Waals surface area contributed by atoms with Crippen molar-refractivity contribution < 1.29 is 0 Å². The van der Waals surface area contributed by atoms with Gasteiger partial charge in [-0.1, -0.05) is 109 Å². The number of aliphatic imine (C=N–C) groups is 2. The number of amidine groups is 2. The van der Waals surface area contributed by atoms with Crippen molar-refractivity contribution in [3.05, 3.63) is 174 Å². The summed E-state index contributed by atoms with van der Waals surface area (Å²) in [6.07, 6.45) is 15.1. The predicted octanol–water partition coefficient (Wildman–Crippen LogP) is 11.1. The molecule has 0 saturated heterocycles. The van der Waals surface area contributed by atoms with E-state index in [-0.39, 0.29) is 12.3 Å². The quantitative estimate of drug-likeness (QED) is 0.188. The third-order valence-electron chi connectivity index (χ3n) is 11.7. The summed E-state index contributed by atoms with van der Waals surface area (Å²) in [5.41, 5.74) is 12.4. The number of nitrogens with zero attached hydrogens (tertiary/aromatic N) is 4. The van der Waals surface area contributed by atoms with Crippen LogP contribution in [0.3, 0.4) is 0 Å². The molecule has 0 saturated carbocycles. The molecule has 6 nitrogen and oxygen atoms in total. The van der Waals surface area contributed by atoms with Gasteiger partial charge in [0.1, 0.15) is 12.0 Å². The van der Waals surface area contributed by atoms with E-state index in [1.165, 1.54) is 66.0 Å². The van der Waals surface area contributed by atoms with Crippen molar-refractivity contribution in [3.8, 4) is 5.69 Å². The van der Waals surface area contributed by atoms with E-state index in [4.69, 9.17) is 9.98 Å². The number of rotatable bonds is 5. The molecule has 11 rings (SSSR count). The lowest BCUT2D eigenvalue weighted by molar-refractivity contribution is 0.424. The first-order valence-corrected chi connectivity index (χ1v) is 19.3. The SMILES string of the molecule is C1=CC2=C(C=C(C3=NC(c4ccccc4)N=C(C4=CCCC(n5c6ccccc6c6cc7c8ccccc8n(-c8ccccc8)c7cc65)N4)N3)CC2)CC1. The van der Waals surface area contributed by atoms with Crippen LogP contribution in [0.15, 0.2) is 178 Å². The predicted molar refractivity (Wildman–Crippen MR) is 223 cm³/mol. The van der Waals surface area contributed by atoms with Crippen molar-refractivity contribution in [3.63, 3.8) is 0 Å². The van der Waals surface area contributed by atoms with Gasteiger partial charge in [-0.25, -0.2) is 9.98 Å². The fraction of sp³-hybridized carbons (Fsp3) is 0.167.